The molecule has 1 aliphatic heterocycles. The summed E-state index contributed by atoms with van der Waals surface area (Å²) >= 11 is 0. The van der Waals surface area contributed by atoms with Gasteiger partial charge in [-0.25, -0.2) is 4.79 Å². The number of nitrogens with zero attached hydrogens (tertiary/aromatic N) is 4. The van der Waals surface area contributed by atoms with Gasteiger partial charge in [0.05, 0.1) is 6.04 Å². The summed E-state index contributed by atoms with van der Waals surface area (Å²) < 4.78 is 1.85. The normalized spacial score (nSPS) is 16.2. The van der Waals surface area contributed by atoms with Crippen LogP contribution in [0, 0.1) is 6.92 Å². The van der Waals surface area contributed by atoms with Gasteiger partial charge in [-0.1, -0.05) is 30.3 Å². The summed E-state index contributed by atoms with van der Waals surface area (Å²) in [4.78, 5) is 28.2. The van der Waals surface area contributed by atoms with Crippen LogP contribution in [-0.2, 0) is 4.79 Å². The molecule has 1 aliphatic rings. The first kappa shape index (κ1) is 18.9. The van der Waals surface area contributed by atoms with E-state index >= 15 is 0 Å². The number of carbonyl (C=O) groups excluding carboxylic acids is 2. The Kier molecular flexibility index (Phi) is 5.78. The Bertz CT molecular complexity index is 802. The highest BCUT2D eigenvalue weighted by molar-refractivity contribution is 5.92. The van der Waals surface area contributed by atoms with Crippen molar-refractivity contribution in [2.45, 2.75) is 33.2 Å². The summed E-state index contributed by atoms with van der Waals surface area (Å²) in [5.74, 6) is 0.525. The summed E-state index contributed by atoms with van der Waals surface area (Å²) in [6.45, 7) is 7.99. The zero-order chi connectivity index (χ0) is 19.4. The Morgan fingerprint density at radius 2 is 2.00 bits per heavy atom. The van der Waals surface area contributed by atoms with Crippen LogP contribution in [0.15, 0.2) is 36.5 Å². The van der Waals surface area contributed by atoms with Crippen LogP contribution in [0.2, 0.25) is 0 Å². The van der Waals surface area contributed by atoms with E-state index in [4.69, 9.17) is 0 Å². The van der Waals surface area contributed by atoms with Crippen molar-refractivity contribution in [1.29, 1.82) is 0 Å². The van der Waals surface area contributed by atoms with Gasteiger partial charge in [-0.3, -0.25) is 14.8 Å². The van der Waals surface area contributed by atoms with E-state index < -0.39 is 0 Å². The van der Waals surface area contributed by atoms with Crippen molar-refractivity contribution >= 4 is 17.8 Å². The number of anilines is 1. The Labute approximate surface area is 159 Å². The number of benzene rings is 1. The molecule has 0 saturated carbocycles. The van der Waals surface area contributed by atoms with Gasteiger partial charge in [0.15, 0.2) is 5.82 Å². The van der Waals surface area contributed by atoms with Crippen LogP contribution in [0.4, 0.5) is 10.6 Å². The molecule has 0 aliphatic carbocycles. The van der Waals surface area contributed by atoms with Crippen molar-refractivity contribution < 1.29 is 9.59 Å². The third-order valence-electron chi connectivity index (χ3n) is 5.02. The molecule has 7 nitrogen and oxygen atoms in total. The van der Waals surface area contributed by atoms with E-state index in [1.54, 1.807) is 9.80 Å². The minimum atomic E-state index is -0.276. The molecule has 1 unspecified atom stereocenters. The lowest BCUT2D eigenvalue weighted by molar-refractivity contribution is -0.130. The quantitative estimate of drug-likeness (QED) is 0.901. The molecule has 144 valence electrons. The maximum atomic E-state index is 12.7. The minimum absolute atomic E-state index is 0.00917. The predicted octanol–water partition coefficient (Wildman–Crippen LogP) is 2.89. The summed E-state index contributed by atoms with van der Waals surface area (Å²) in [5, 5.41) is 7.43. The topological polar surface area (TPSA) is 70.5 Å². The summed E-state index contributed by atoms with van der Waals surface area (Å²) in [7, 11) is 0. The zero-order valence-electron chi connectivity index (χ0n) is 16.2. The van der Waals surface area contributed by atoms with Gasteiger partial charge < -0.3 is 9.80 Å². The summed E-state index contributed by atoms with van der Waals surface area (Å²) in [5.41, 5.74) is 2.04. The van der Waals surface area contributed by atoms with Crippen LogP contribution in [0.5, 0.6) is 0 Å². The van der Waals surface area contributed by atoms with E-state index in [0.29, 0.717) is 25.5 Å². The standard InChI is InChI=1S/C20H27N5O2/c1-4-23-11-8-12-24(14-18(23)26)20(27)21-19-15(2)13-25(22-19)16(3)17-9-6-5-7-10-17/h5-7,9-10,13,16H,4,8,11-12,14H2,1-3H3,(H,21,22,27). The lowest BCUT2D eigenvalue weighted by atomic mass is 10.1. The van der Waals surface area contributed by atoms with E-state index in [9.17, 15) is 9.59 Å². The Balaban J connectivity index is 1.70. The Morgan fingerprint density at radius 1 is 1.26 bits per heavy atom. The van der Waals surface area contributed by atoms with Gasteiger partial charge in [0, 0.05) is 31.4 Å². The van der Waals surface area contributed by atoms with Crippen LogP contribution in [0.3, 0.4) is 0 Å². The molecule has 1 fully saturated rings. The molecule has 7 heteroatoms. The van der Waals surface area contributed by atoms with E-state index in [2.05, 4.69) is 29.5 Å². The number of likely N-dealkylation sites (N-methyl/N-ethyl adjacent to an activating group) is 1. The number of rotatable bonds is 4. The zero-order valence-corrected chi connectivity index (χ0v) is 16.2. The fourth-order valence-corrected chi connectivity index (χ4v) is 3.30. The molecule has 0 bridgehead atoms. The van der Waals surface area contributed by atoms with E-state index in [0.717, 1.165) is 17.5 Å². The lowest BCUT2D eigenvalue weighted by Crippen LogP contribution is -2.41. The van der Waals surface area contributed by atoms with E-state index in [1.165, 1.54) is 0 Å². The minimum Gasteiger partial charge on any atom is -0.341 e. The number of carbonyl (C=O) groups is 2. The van der Waals surface area contributed by atoms with Crippen LogP contribution in [0.25, 0.3) is 0 Å². The van der Waals surface area contributed by atoms with Crippen molar-refractivity contribution in [1.82, 2.24) is 19.6 Å². The molecule has 27 heavy (non-hydrogen) atoms. The SMILES string of the molecule is CCN1CCCN(C(=O)Nc2nn(C(C)c3ccccc3)cc2C)CC1=O. The average Bonchev–Trinajstić information content (AvgIpc) is 2.92. The van der Waals surface area contributed by atoms with Gasteiger partial charge in [-0.2, -0.15) is 5.10 Å². The molecule has 1 aromatic carbocycles. The third-order valence-corrected chi connectivity index (χ3v) is 5.02. The number of amides is 3. The van der Waals surface area contributed by atoms with Gasteiger partial charge in [-0.15, -0.1) is 0 Å². The fourth-order valence-electron chi connectivity index (χ4n) is 3.30. The number of hydrogen-bond donors (Lipinski definition) is 1. The van der Waals surface area contributed by atoms with Gasteiger partial charge in [0.2, 0.25) is 5.91 Å². The number of hydrogen-bond acceptors (Lipinski definition) is 3. The lowest BCUT2D eigenvalue weighted by Gasteiger charge is -2.20. The summed E-state index contributed by atoms with van der Waals surface area (Å²) in [6, 6.07) is 9.89. The smallest absolute Gasteiger partial charge is 0.323 e. The van der Waals surface area contributed by atoms with Crippen molar-refractivity contribution in [2.75, 3.05) is 31.5 Å². The highest BCUT2D eigenvalue weighted by atomic mass is 16.2. The van der Waals surface area contributed by atoms with Crippen molar-refractivity contribution in [3.05, 3.63) is 47.7 Å². The van der Waals surface area contributed by atoms with Crippen molar-refractivity contribution in [3.8, 4) is 0 Å². The second-order valence-electron chi connectivity index (χ2n) is 6.91. The van der Waals surface area contributed by atoms with Crippen LogP contribution in [-0.4, -0.2) is 57.7 Å². The van der Waals surface area contributed by atoms with Crippen LogP contribution >= 0.6 is 0 Å². The molecule has 3 amide bonds. The third kappa shape index (κ3) is 4.30. The number of nitrogens with one attached hydrogen (secondary N) is 1. The predicted molar refractivity (Wildman–Crippen MR) is 105 cm³/mol. The van der Waals surface area contributed by atoms with Gasteiger partial charge in [0.1, 0.15) is 6.54 Å². The molecule has 1 saturated heterocycles. The number of urea groups is 1. The second kappa shape index (κ2) is 8.24. The molecule has 1 atom stereocenters. The average molecular weight is 369 g/mol. The number of aryl methyl sites for hydroxylation is 1. The summed E-state index contributed by atoms with van der Waals surface area (Å²) in [6.07, 6.45) is 2.71. The maximum absolute atomic E-state index is 12.7. The molecular weight excluding hydrogens is 342 g/mol. The molecule has 1 aromatic heterocycles. The Morgan fingerprint density at radius 3 is 2.70 bits per heavy atom. The highest BCUT2D eigenvalue weighted by Crippen LogP contribution is 2.21. The first-order valence-electron chi connectivity index (χ1n) is 9.44. The first-order valence-corrected chi connectivity index (χ1v) is 9.44. The largest absolute Gasteiger partial charge is 0.341 e. The first-order chi connectivity index (χ1) is 13.0. The van der Waals surface area contributed by atoms with Crippen LogP contribution in [0.1, 0.15) is 37.4 Å². The van der Waals surface area contributed by atoms with Crippen molar-refractivity contribution in [2.24, 2.45) is 0 Å². The van der Waals surface area contributed by atoms with E-state index in [1.807, 2.05) is 42.9 Å². The monoisotopic (exact) mass is 369 g/mol. The van der Waals surface area contributed by atoms with E-state index in [-0.39, 0.29) is 24.5 Å². The molecule has 1 N–H and O–H groups in total. The molecule has 2 heterocycles. The van der Waals surface area contributed by atoms with Crippen molar-refractivity contribution in [3.63, 3.8) is 0 Å². The molecule has 0 radical (unpaired) electrons. The number of aromatic nitrogens is 2. The highest BCUT2D eigenvalue weighted by Gasteiger charge is 2.25. The fraction of sp³-hybridized carbons (Fsp3) is 0.450. The second-order valence-corrected chi connectivity index (χ2v) is 6.91. The van der Waals surface area contributed by atoms with Gasteiger partial charge in [0.25, 0.3) is 0 Å². The van der Waals surface area contributed by atoms with Crippen LogP contribution < -0.4 is 5.32 Å². The molecular formula is C20H27N5O2. The van der Waals surface area contributed by atoms with Gasteiger partial charge in [-0.05, 0) is 32.8 Å². The molecule has 2 aromatic rings. The molecule has 3 rings (SSSR count). The van der Waals surface area contributed by atoms with Gasteiger partial charge >= 0.3 is 6.03 Å². The maximum Gasteiger partial charge on any atom is 0.323 e. The Hall–Kier alpha value is -2.83. The molecule has 0 spiro atoms.